The van der Waals surface area contributed by atoms with E-state index < -0.39 is 0 Å². The molecule has 1 aliphatic heterocycles. The minimum absolute atomic E-state index is 0.186. The van der Waals surface area contributed by atoms with Crippen molar-refractivity contribution in [1.29, 1.82) is 0 Å². The van der Waals surface area contributed by atoms with Gasteiger partial charge in [-0.1, -0.05) is 38.3 Å². The quantitative estimate of drug-likeness (QED) is 0.876. The van der Waals surface area contributed by atoms with E-state index in [1.807, 2.05) is 0 Å². The third-order valence-corrected chi connectivity index (χ3v) is 5.86. The van der Waals surface area contributed by atoms with Crippen LogP contribution in [0.4, 0.5) is 5.69 Å². The lowest BCUT2D eigenvalue weighted by Gasteiger charge is -2.45. The summed E-state index contributed by atoms with van der Waals surface area (Å²) in [4.78, 5) is 2.57. The first kappa shape index (κ1) is 14.9. The van der Waals surface area contributed by atoms with E-state index >= 15 is 0 Å². The first-order chi connectivity index (χ1) is 10.2. The minimum Gasteiger partial charge on any atom is -0.371 e. The maximum absolute atomic E-state index is 6.10. The Balaban J connectivity index is 1.61. The molecule has 1 aliphatic carbocycles. The van der Waals surface area contributed by atoms with E-state index in [4.69, 9.17) is 5.73 Å². The van der Waals surface area contributed by atoms with Gasteiger partial charge in [-0.3, -0.25) is 0 Å². The standard InChI is InChI=1S/C19H30N2/c1-2-18(20)16-6-8-17(9-7-16)21-14-12-19(13-15-21)10-4-3-5-11-19/h6-9,18H,2-5,10-15,20H2,1H3. The summed E-state index contributed by atoms with van der Waals surface area (Å²) in [6.07, 6.45) is 11.1. The molecule has 1 atom stereocenters. The van der Waals surface area contributed by atoms with Crippen molar-refractivity contribution in [2.75, 3.05) is 18.0 Å². The van der Waals surface area contributed by atoms with Gasteiger partial charge in [0.2, 0.25) is 0 Å². The number of rotatable bonds is 3. The number of nitrogens with two attached hydrogens (primary N) is 1. The molecule has 0 aromatic heterocycles. The van der Waals surface area contributed by atoms with Gasteiger partial charge in [0, 0.05) is 24.8 Å². The predicted octanol–water partition coefficient (Wildman–Crippen LogP) is 4.65. The van der Waals surface area contributed by atoms with Crippen molar-refractivity contribution < 1.29 is 0 Å². The second kappa shape index (κ2) is 6.39. The first-order valence-electron chi connectivity index (χ1n) is 8.83. The maximum Gasteiger partial charge on any atom is 0.0366 e. The van der Waals surface area contributed by atoms with Crippen molar-refractivity contribution in [3.05, 3.63) is 29.8 Å². The summed E-state index contributed by atoms with van der Waals surface area (Å²) in [7, 11) is 0. The molecule has 1 heterocycles. The molecule has 2 heteroatoms. The molecular formula is C19H30N2. The molecular weight excluding hydrogens is 256 g/mol. The van der Waals surface area contributed by atoms with Crippen LogP contribution in [0.1, 0.15) is 69.9 Å². The Kier molecular flexibility index (Phi) is 4.54. The molecule has 0 bridgehead atoms. The van der Waals surface area contributed by atoms with E-state index in [-0.39, 0.29) is 6.04 Å². The van der Waals surface area contributed by atoms with Gasteiger partial charge in [-0.05, 0) is 55.2 Å². The number of anilines is 1. The van der Waals surface area contributed by atoms with Gasteiger partial charge in [0.1, 0.15) is 0 Å². The van der Waals surface area contributed by atoms with Gasteiger partial charge in [-0.15, -0.1) is 0 Å². The fourth-order valence-corrected chi connectivity index (χ4v) is 4.21. The zero-order chi connectivity index (χ0) is 14.7. The molecule has 2 nitrogen and oxygen atoms in total. The van der Waals surface area contributed by atoms with Gasteiger partial charge >= 0.3 is 0 Å². The number of benzene rings is 1. The molecule has 2 aliphatic rings. The van der Waals surface area contributed by atoms with Crippen molar-refractivity contribution in [2.24, 2.45) is 11.1 Å². The van der Waals surface area contributed by atoms with Crippen molar-refractivity contribution in [3.8, 4) is 0 Å². The Labute approximate surface area is 129 Å². The Morgan fingerprint density at radius 3 is 2.19 bits per heavy atom. The molecule has 21 heavy (non-hydrogen) atoms. The number of nitrogens with zero attached hydrogens (tertiary/aromatic N) is 1. The lowest BCUT2D eigenvalue weighted by molar-refractivity contribution is 0.144. The van der Waals surface area contributed by atoms with Crippen LogP contribution in [0.25, 0.3) is 0 Å². The van der Waals surface area contributed by atoms with Crippen LogP contribution in [-0.2, 0) is 0 Å². The van der Waals surface area contributed by atoms with E-state index in [1.165, 1.54) is 69.3 Å². The van der Waals surface area contributed by atoms with E-state index in [9.17, 15) is 0 Å². The van der Waals surface area contributed by atoms with Crippen LogP contribution < -0.4 is 10.6 Å². The predicted molar refractivity (Wildman–Crippen MR) is 90.6 cm³/mol. The third kappa shape index (κ3) is 3.26. The van der Waals surface area contributed by atoms with E-state index in [0.717, 1.165) is 6.42 Å². The summed E-state index contributed by atoms with van der Waals surface area (Å²) in [5, 5.41) is 0. The zero-order valence-electron chi connectivity index (χ0n) is 13.5. The van der Waals surface area contributed by atoms with Crippen LogP contribution in [-0.4, -0.2) is 13.1 Å². The molecule has 1 spiro atoms. The van der Waals surface area contributed by atoms with Crippen molar-refractivity contribution in [3.63, 3.8) is 0 Å². The van der Waals surface area contributed by atoms with Gasteiger partial charge in [-0.2, -0.15) is 0 Å². The zero-order valence-corrected chi connectivity index (χ0v) is 13.5. The molecule has 2 fully saturated rings. The smallest absolute Gasteiger partial charge is 0.0366 e. The number of piperidine rings is 1. The fourth-order valence-electron chi connectivity index (χ4n) is 4.21. The van der Waals surface area contributed by atoms with Crippen LogP contribution in [0, 0.1) is 5.41 Å². The highest BCUT2D eigenvalue weighted by atomic mass is 15.1. The van der Waals surface area contributed by atoms with E-state index in [1.54, 1.807) is 0 Å². The molecule has 1 saturated carbocycles. The molecule has 1 aromatic carbocycles. The van der Waals surface area contributed by atoms with Crippen LogP contribution in [0.15, 0.2) is 24.3 Å². The monoisotopic (exact) mass is 286 g/mol. The van der Waals surface area contributed by atoms with Gasteiger partial charge in [0.15, 0.2) is 0 Å². The topological polar surface area (TPSA) is 29.3 Å². The summed E-state index contributed by atoms with van der Waals surface area (Å²) in [6.45, 7) is 4.62. The first-order valence-corrected chi connectivity index (χ1v) is 8.83. The maximum atomic E-state index is 6.10. The molecule has 1 aromatic rings. The Bertz CT molecular complexity index is 435. The molecule has 2 N–H and O–H groups in total. The number of hydrogen-bond acceptors (Lipinski definition) is 2. The van der Waals surface area contributed by atoms with Gasteiger partial charge in [0.25, 0.3) is 0 Å². The number of hydrogen-bond donors (Lipinski definition) is 1. The minimum atomic E-state index is 0.186. The highest BCUT2D eigenvalue weighted by molar-refractivity contribution is 5.48. The Hall–Kier alpha value is -1.02. The second-order valence-electron chi connectivity index (χ2n) is 7.15. The highest BCUT2D eigenvalue weighted by Crippen LogP contribution is 2.45. The van der Waals surface area contributed by atoms with E-state index in [0.29, 0.717) is 5.41 Å². The van der Waals surface area contributed by atoms with Crippen LogP contribution >= 0.6 is 0 Å². The molecule has 0 amide bonds. The van der Waals surface area contributed by atoms with Gasteiger partial charge < -0.3 is 10.6 Å². The average molecular weight is 286 g/mol. The second-order valence-corrected chi connectivity index (χ2v) is 7.15. The fraction of sp³-hybridized carbons (Fsp3) is 0.684. The molecule has 116 valence electrons. The van der Waals surface area contributed by atoms with Gasteiger partial charge in [0.05, 0.1) is 0 Å². The molecule has 1 unspecified atom stereocenters. The SMILES string of the molecule is CCC(N)c1ccc(N2CCC3(CCCCC3)CC2)cc1. The van der Waals surface area contributed by atoms with Crippen LogP contribution in [0.3, 0.4) is 0 Å². The Morgan fingerprint density at radius 2 is 1.62 bits per heavy atom. The van der Waals surface area contributed by atoms with Gasteiger partial charge in [-0.25, -0.2) is 0 Å². The van der Waals surface area contributed by atoms with Crippen molar-refractivity contribution in [1.82, 2.24) is 0 Å². The molecule has 0 radical (unpaired) electrons. The van der Waals surface area contributed by atoms with E-state index in [2.05, 4.69) is 36.1 Å². The average Bonchev–Trinajstić information content (AvgIpc) is 2.56. The third-order valence-electron chi connectivity index (χ3n) is 5.86. The van der Waals surface area contributed by atoms with Crippen LogP contribution in [0.2, 0.25) is 0 Å². The molecule has 1 saturated heterocycles. The Morgan fingerprint density at radius 1 is 1.00 bits per heavy atom. The van der Waals surface area contributed by atoms with Crippen molar-refractivity contribution in [2.45, 2.75) is 64.3 Å². The summed E-state index contributed by atoms with van der Waals surface area (Å²) in [5.41, 5.74) is 9.44. The summed E-state index contributed by atoms with van der Waals surface area (Å²) >= 11 is 0. The summed E-state index contributed by atoms with van der Waals surface area (Å²) in [6, 6.07) is 9.15. The lowest BCUT2D eigenvalue weighted by atomic mass is 9.68. The summed E-state index contributed by atoms with van der Waals surface area (Å²) < 4.78 is 0. The molecule has 3 rings (SSSR count). The normalized spacial score (nSPS) is 23.2. The largest absolute Gasteiger partial charge is 0.371 e. The lowest BCUT2D eigenvalue weighted by Crippen LogP contribution is -2.41. The summed E-state index contributed by atoms with van der Waals surface area (Å²) in [5.74, 6) is 0. The van der Waals surface area contributed by atoms with Crippen molar-refractivity contribution >= 4 is 5.69 Å². The highest BCUT2D eigenvalue weighted by Gasteiger charge is 2.35. The van der Waals surface area contributed by atoms with Crippen LogP contribution in [0.5, 0.6) is 0 Å².